The number of aliphatic imine (C=N–C) groups is 1. The molecule has 1 aromatic carbocycles. The number of nitrogens with zero attached hydrogens (tertiary/aromatic N) is 3. The third kappa shape index (κ3) is 12.3. The van der Waals surface area contributed by atoms with Crippen molar-refractivity contribution in [1.29, 1.82) is 0 Å². The molecule has 0 unspecified atom stereocenters. The van der Waals surface area contributed by atoms with Gasteiger partial charge >= 0.3 is 6.18 Å². The Morgan fingerprint density at radius 1 is 1.08 bits per heavy atom. The van der Waals surface area contributed by atoms with E-state index in [9.17, 15) is 13.2 Å². The highest BCUT2D eigenvalue weighted by Gasteiger charge is 2.30. The number of aromatic nitrogens is 2. The van der Waals surface area contributed by atoms with E-state index < -0.39 is 11.7 Å². The first-order valence-corrected chi connectivity index (χ1v) is 12.7. The summed E-state index contributed by atoms with van der Waals surface area (Å²) in [6.07, 6.45) is 4.39. The van der Waals surface area contributed by atoms with Crippen LogP contribution in [0.25, 0.3) is 0 Å². The maximum Gasteiger partial charge on any atom is 0.416 e. The number of carbonyl (C=O) groups excluding carboxylic acids is 1. The van der Waals surface area contributed by atoms with Crippen LogP contribution in [0.1, 0.15) is 81.1 Å². The number of nitrogens with two attached hydrogens (primary N) is 1. The van der Waals surface area contributed by atoms with Crippen molar-refractivity contribution in [2.75, 3.05) is 26.0 Å². The van der Waals surface area contributed by atoms with Gasteiger partial charge in [0, 0.05) is 36.4 Å². The van der Waals surface area contributed by atoms with Gasteiger partial charge in [-0.05, 0) is 69.8 Å². The zero-order chi connectivity index (χ0) is 27.7. The zero-order valence-corrected chi connectivity index (χ0v) is 22.3. The number of hydrogen-bond acceptors (Lipinski definition) is 7. The number of alkyl halides is 3. The molecule has 2 aromatic rings. The predicted octanol–water partition coefficient (Wildman–Crippen LogP) is 5.84. The highest BCUT2D eigenvalue weighted by molar-refractivity contribution is 5.83. The number of aldehydes is 1. The van der Waals surface area contributed by atoms with Crippen molar-refractivity contribution in [3.05, 3.63) is 46.4 Å². The van der Waals surface area contributed by atoms with Crippen LogP contribution in [-0.4, -0.2) is 42.7 Å². The topological polar surface area (TPSA) is 102 Å². The summed E-state index contributed by atoms with van der Waals surface area (Å²) in [5, 5.41) is 3.05. The van der Waals surface area contributed by atoms with E-state index in [0.29, 0.717) is 24.6 Å². The Morgan fingerprint density at radius 3 is 2.41 bits per heavy atom. The summed E-state index contributed by atoms with van der Waals surface area (Å²) in [5.74, 6) is 1.10. The lowest BCUT2D eigenvalue weighted by molar-refractivity contribution is -0.137. The van der Waals surface area contributed by atoms with Gasteiger partial charge in [-0.1, -0.05) is 26.7 Å². The van der Waals surface area contributed by atoms with Crippen LogP contribution in [0, 0.1) is 0 Å². The summed E-state index contributed by atoms with van der Waals surface area (Å²) in [6.45, 7) is 7.64. The maximum atomic E-state index is 13.1. The number of carbonyl (C=O) groups is 1. The Balaban J connectivity index is 0.00000217. The van der Waals surface area contributed by atoms with Crippen molar-refractivity contribution in [1.82, 2.24) is 15.3 Å². The summed E-state index contributed by atoms with van der Waals surface area (Å²) in [5.41, 5.74) is 7.05. The fourth-order valence-corrected chi connectivity index (χ4v) is 3.63. The smallest absolute Gasteiger partial charge is 0.399 e. The molecule has 206 valence electrons. The summed E-state index contributed by atoms with van der Waals surface area (Å²) in [7, 11) is 1.81. The van der Waals surface area contributed by atoms with E-state index in [4.69, 9.17) is 20.2 Å². The van der Waals surface area contributed by atoms with Crippen LogP contribution in [0.5, 0.6) is 0 Å². The summed E-state index contributed by atoms with van der Waals surface area (Å²) in [6, 6.07) is 3.41. The van der Waals surface area contributed by atoms with Gasteiger partial charge in [-0.25, -0.2) is 15.0 Å². The van der Waals surface area contributed by atoms with Crippen molar-refractivity contribution in [2.45, 2.75) is 78.4 Å². The fourth-order valence-electron chi connectivity index (χ4n) is 3.63. The van der Waals surface area contributed by atoms with Crippen molar-refractivity contribution in [3.8, 4) is 0 Å². The molecule has 0 spiro atoms. The molecule has 3 N–H and O–H groups in total. The number of nitrogens with one attached hydrogen (secondary N) is 1. The highest BCUT2D eigenvalue weighted by atomic mass is 19.4. The van der Waals surface area contributed by atoms with Crippen LogP contribution in [0.2, 0.25) is 0 Å². The normalized spacial score (nSPS) is 11.4. The molecule has 0 aliphatic heterocycles. The highest BCUT2D eigenvalue weighted by Crippen LogP contribution is 2.31. The predicted molar refractivity (Wildman–Crippen MR) is 142 cm³/mol. The fraction of sp³-hybridized carbons (Fsp3) is 0.556. The molecule has 0 fully saturated rings. The Hall–Kier alpha value is -2.85. The van der Waals surface area contributed by atoms with E-state index in [1.54, 1.807) is 0 Å². The molecule has 10 heteroatoms. The van der Waals surface area contributed by atoms with Crippen molar-refractivity contribution < 1.29 is 22.7 Å². The lowest BCUT2D eigenvalue weighted by Crippen LogP contribution is -2.12. The van der Waals surface area contributed by atoms with E-state index >= 15 is 0 Å². The minimum atomic E-state index is -4.48. The molecule has 7 nitrogen and oxygen atoms in total. The van der Waals surface area contributed by atoms with Gasteiger partial charge in [0.1, 0.15) is 12.1 Å². The Bertz CT molecular complexity index is 981. The molecule has 0 saturated carbocycles. The molecule has 2 rings (SSSR count). The molecule has 0 amide bonds. The molecule has 1 heterocycles. The van der Waals surface area contributed by atoms with Gasteiger partial charge in [-0.3, -0.25) is 0 Å². The lowest BCUT2D eigenvalue weighted by atomic mass is 10.0. The van der Waals surface area contributed by atoms with E-state index in [1.165, 1.54) is 19.2 Å². The number of halogens is 3. The Kier molecular flexibility index (Phi) is 15.3. The van der Waals surface area contributed by atoms with Gasteiger partial charge in [0.05, 0.1) is 12.1 Å². The van der Waals surface area contributed by atoms with Crippen molar-refractivity contribution in [2.24, 2.45) is 4.99 Å². The number of hydrogen-bond donors (Lipinski definition) is 2. The van der Waals surface area contributed by atoms with Crippen LogP contribution in [-0.2, 0) is 35.1 Å². The molecule has 0 radical (unpaired) electrons. The number of benzene rings is 1. The average molecular weight is 524 g/mol. The van der Waals surface area contributed by atoms with Crippen LogP contribution in [0.15, 0.2) is 23.2 Å². The minimum absolute atomic E-state index is 0.0336. The third-order valence-electron chi connectivity index (χ3n) is 5.25. The van der Waals surface area contributed by atoms with Crippen molar-refractivity contribution in [3.63, 3.8) is 0 Å². The molecule has 0 bridgehead atoms. The number of ether oxygens (including phenoxy) is 1. The van der Waals surface area contributed by atoms with Crippen molar-refractivity contribution >= 4 is 24.0 Å². The van der Waals surface area contributed by atoms with Gasteiger partial charge in [0.2, 0.25) is 0 Å². The van der Waals surface area contributed by atoms with Crippen LogP contribution >= 0.6 is 0 Å². The largest absolute Gasteiger partial charge is 0.416 e. The Morgan fingerprint density at radius 2 is 1.78 bits per heavy atom. The van der Waals surface area contributed by atoms with Gasteiger partial charge in [-0.2, -0.15) is 13.2 Å². The SMILES string of the molecule is CC=O.CCCOCCCCCCc1nc(CNC)nc(N=Cc2cc(N)cc(C(F)(F)F)c2)c1CC. The zero-order valence-electron chi connectivity index (χ0n) is 22.3. The summed E-state index contributed by atoms with van der Waals surface area (Å²) >= 11 is 0. The number of aryl methyl sites for hydroxylation is 1. The molecule has 0 aliphatic rings. The van der Waals surface area contributed by atoms with Crippen LogP contribution < -0.4 is 11.1 Å². The molecule has 0 saturated heterocycles. The van der Waals surface area contributed by atoms with E-state index in [0.717, 1.165) is 81.4 Å². The maximum absolute atomic E-state index is 13.1. The quantitative estimate of drug-likeness (QED) is 0.139. The summed E-state index contributed by atoms with van der Waals surface area (Å²) in [4.78, 5) is 22.5. The van der Waals surface area contributed by atoms with Gasteiger partial charge < -0.3 is 20.6 Å². The lowest BCUT2D eigenvalue weighted by Gasteiger charge is -2.12. The number of rotatable bonds is 14. The first-order chi connectivity index (χ1) is 17.7. The van der Waals surface area contributed by atoms with E-state index in [2.05, 4.69) is 22.2 Å². The Labute approximate surface area is 218 Å². The van der Waals surface area contributed by atoms with Crippen LogP contribution in [0.4, 0.5) is 24.7 Å². The number of unbranched alkanes of at least 4 members (excludes halogenated alkanes) is 3. The molecular weight excluding hydrogens is 483 g/mol. The standard InChI is InChI=1S/C25H36F3N5O.C2H4O/c1-4-11-34-12-9-7-6-8-10-22-21(5-2)24(33-23(32-22)17-30-3)31-16-18-13-19(25(26,27)28)15-20(29)14-18;1-2-3/h13-16,30H,4-12,17,29H2,1-3H3;2H,1H3. The van der Waals surface area contributed by atoms with Gasteiger partial charge in [0.15, 0.2) is 5.82 Å². The van der Waals surface area contributed by atoms with E-state index in [1.807, 2.05) is 14.0 Å². The second-order valence-electron chi connectivity index (χ2n) is 8.43. The molecule has 37 heavy (non-hydrogen) atoms. The third-order valence-corrected chi connectivity index (χ3v) is 5.25. The van der Waals surface area contributed by atoms with Gasteiger partial charge in [0.25, 0.3) is 0 Å². The summed E-state index contributed by atoms with van der Waals surface area (Å²) < 4.78 is 44.9. The number of anilines is 1. The molecule has 0 atom stereocenters. The second kappa shape index (κ2) is 17.6. The second-order valence-corrected chi connectivity index (χ2v) is 8.43. The minimum Gasteiger partial charge on any atom is -0.399 e. The van der Waals surface area contributed by atoms with Gasteiger partial charge in [-0.15, -0.1) is 0 Å². The molecular formula is C27H40F3N5O2. The molecule has 1 aromatic heterocycles. The number of nitrogen functional groups attached to an aromatic ring is 1. The molecule has 0 aliphatic carbocycles. The monoisotopic (exact) mass is 523 g/mol. The van der Waals surface area contributed by atoms with Crippen LogP contribution in [0.3, 0.4) is 0 Å². The van der Waals surface area contributed by atoms with E-state index in [-0.39, 0.29) is 11.3 Å². The first kappa shape index (κ1) is 32.2. The average Bonchev–Trinajstić information content (AvgIpc) is 2.84. The first-order valence-electron chi connectivity index (χ1n) is 12.7.